The molecular formula is C16H19BrFNS. The van der Waals surface area contributed by atoms with Gasteiger partial charge in [0, 0.05) is 15.8 Å². The highest BCUT2D eigenvalue weighted by molar-refractivity contribution is 9.10. The maximum atomic E-state index is 13.3. The van der Waals surface area contributed by atoms with Crippen LogP contribution in [0.2, 0.25) is 0 Å². The van der Waals surface area contributed by atoms with Gasteiger partial charge in [-0.1, -0.05) is 19.9 Å². The molecule has 1 unspecified atom stereocenters. The van der Waals surface area contributed by atoms with E-state index >= 15 is 0 Å². The van der Waals surface area contributed by atoms with Crippen molar-refractivity contribution in [2.45, 2.75) is 32.7 Å². The lowest BCUT2D eigenvalue weighted by Crippen LogP contribution is -2.22. The lowest BCUT2D eigenvalue weighted by molar-refractivity contribution is 0.556. The van der Waals surface area contributed by atoms with Gasteiger partial charge in [-0.05, 0) is 65.1 Å². The molecule has 108 valence electrons. The van der Waals surface area contributed by atoms with Crippen molar-refractivity contribution in [1.29, 1.82) is 0 Å². The summed E-state index contributed by atoms with van der Waals surface area (Å²) in [6.07, 6.45) is 1.95. The molecule has 0 aliphatic heterocycles. The van der Waals surface area contributed by atoms with Crippen LogP contribution >= 0.6 is 27.3 Å². The molecule has 1 heterocycles. The second kappa shape index (κ2) is 7.34. The Balaban J connectivity index is 2.18. The fourth-order valence-electron chi connectivity index (χ4n) is 2.19. The third-order valence-electron chi connectivity index (χ3n) is 3.25. The van der Waals surface area contributed by atoms with E-state index in [1.807, 2.05) is 23.5 Å². The largest absolute Gasteiger partial charge is 0.309 e. The number of rotatable bonds is 6. The fourth-order valence-corrected chi connectivity index (χ4v) is 3.65. The molecule has 1 aromatic heterocycles. The Labute approximate surface area is 132 Å². The molecule has 0 bridgehead atoms. The highest BCUT2D eigenvalue weighted by Gasteiger charge is 2.14. The average Bonchev–Trinajstić information content (AvgIpc) is 2.91. The minimum absolute atomic E-state index is 0.210. The minimum Gasteiger partial charge on any atom is -0.309 e. The Morgan fingerprint density at radius 2 is 2.05 bits per heavy atom. The molecular weight excluding hydrogens is 337 g/mol. The molecule has 2 rings (SSSR count). The van der Waals surface area contributed by atoms with Gasteiger partial charge in [-0.2, -0.15) is 0 Å². The van der Waals surface area contributed by atoms with Crippen molar-refractivity contribution < 1.29 is 4.39 Å². The zero-order chi connectivity index (χ0) is 14.5. The quantitative estimate of drug-likeness (QED) is 0.759. The summed E-state index contributed by atoms with van der Waals surface area (Å²) < 4.78 is 13.8. The van der Waals surface area contributed by atoms with Gasteiger partial charge in [-0.3, -0.25) is 0 Å². The molecule has 20 heavy (non-hydrogen) atoms. The second-order valence-electron chi connectivity index (χ2n) is 4.72. The van der Waals surface area contributed by atoms with Gasteiger partial charge in [0.1, 0.15) is 5.82 Å². The van der Waals surface area contributed by atoms with E-state index in [1.54, 1.807) is 0 Å². The van der Waals surface area contributed by atoms with Crippen molar-refractivity contribution in [1.82, 2.24) is 5.32 Å². The topological polar surface area (TPSA) is 12.0 Å². The van der Waals surface area contributed by atoms with Crippen molar-refractivity contribution in [3.63, 3.8) is 0 Å². The molecule has 4 heteroatoms. The number of benzene rings is 1. The van der Waals surface area contributed by atoms with Crippen molar-refractivity contribution >= 4 is 27.3 Å². The number of halogens is 2. The monoisotopic (exact) mass is 355 g/mol. The number of likely N-dealkylation sites (N-methyl/N-ethyl adjacent to an activating group) is 1. The summed E-state index contributed by atoms with van der Waals surface area (Å²) in [5.41, 5.74) is 1.13. The summed E-state index contributed by atoms with van der Waals surface area (Å²) in [6, 6.07) is 9.95. The summed E-state index contributed by atoms with van der Waals surface area (Å²) in [4.78, 5) is 2.76. The Morgan fingerprint density at radius 1 is 1.25 bits per heavy atom. The zero-order valence-corrected chi connectivity index (χ0v) is 14.2. The van der Waals surface area contributed by atoms with Crippen LogP contribution in [0, 0.1) is 5.82 Å². The first-order valence-corrected chi connectivity index (χ1v) is 8.50. The molecule has 1 atom stereocenters. The van der Waals surface area contributed by atoms with Crippen LogP contribution in [0.4, 0.5) is 4.39 Å². The molecule has 0 aliphatic rings. The van der Waals surface area contributed by atoms with Gasteiger partial charge in [-0.25, -0.2) is 4.39 Å². The second-order valence-corrected chi connectivity index (χ2v) is 6.77. The number of hydrogen-bond donors (Lipinski definition) is 1. The van der Waals surface area contributed by atoms with E-state index in [2.05, 4.69) is 47.2 Å². The average molecular weight is 356 g/mol. The molecule has 0 spiro atoms. The van der Waals surface area contributed by atoms with Crippen molar-refractivity contribution in [2.75, 3.05) is 6.54 Å². The van der Waals surface area contributed by atoms with Gasteiger partial charge in [0.05, 0.1) is 4.47 Å². The predicted octanol–water partition coefficient (Wildman–Crippen LogP) is 5.11. The number of aryl methyl sites for hydroxylation is 1. The molecule has 0 saturated carbocycles. The standard InChI is InChI=1S/C16H19BrFNS/c1-3-12-6-8-16(20-12)15(19-4-2)10-11-5-7-14(18)13(17)9-11/h5-9,15,19H,3-4,10H2,1-2H3. The molecule has 1 nitrogen and oxygen atoms in total. The van der Waals surface area contributed by atoms with E-state index in [4.69, 9.17) is 0 Å². The normalized spacial score (nSPS) is 12.6. The molecule has 0 aliphatic carbocycles. The number of thiophene rings is 1. The van der Waals surface area contributed by atoms with Gasteiger partial charge in [0.25, 0.3) is 0 Å². The lowest BCUT2D eigenvalue weighted by Gasteiger charge is -2.17. The van der Waals surface area contributed by atoms with Crippen LogP contribution in [0.3, 0.4) is 0 Å². The SMILES string of the molecule is CCNC(Cc1ccc(F)c(Br)c1)c1ccc(CC)s1. The van der Waals surface area contributed by atoms with Crippen LogP contribution in [0.25, 0.3) is 0 Å². The van der Waals surface area contributed by atoms with Crippen molar-refractivity contribution in [3.8, 4) is 0 Å². The van der Waals surface area contributed by atoms with Crippen molar-refractivity contribution in [2.24, 2.45) is 0 Å². The molecule has 0 radical (unpaired) electrons. The molecule has 0 amide bonds. The van der Waals surface area contributed by atoms with Gasteiger partial charge < -0.3 is 5.32 Å². The van der Waals surface area contributed by atoms with E-state index in [9.17, 15) is 4.39 Å². The first-order chi connectivity index (χ1) is 9.63. The van der Waals surface area contributed by atoms with E-state index in [-0.39, 0.29) is 5.82 Å². The molecule has 0 saturated heterocycles. The molecule has 0 fully saturated rings. The first kappa shape index (κ1) is 15.7. The van der Waals surface area contributed by atoms with E-state index in [1.165, 1.54) is 15.8 Å². The molecule has 1 aromatic carbocycles. The third kappa shape index (κ3) is 3.90. The van der Waals surface area contributed by atoms with Crippen molar-refractivity contribution in [3.05, 3.63) is 55.9 Å². The fraction of sp³-hybridized carbons (Fsp3) is 0.375. The maximum absolute atomic E-state index is 13.3. The first-order valence-electron chi connectivity index (χ1n) is 6.90. The van der Waals surface area contributed by atoms with Crippen LogP contribution in [0.1, 0.15) is 35.2 Å². The highest BCUT2D eigenvalue weighted by Crippen LogP contribution is 2.27. The summed E-state index contributed by atoms with van der Waals surface area (Å²) >= 11 is 5.11. The summed E-state index contributed by atoms with van der Waals surface area (Å²) in [7, 11) is 0. The molecule has 2 aromatic rings. The Kier molecular flexibility index (Phi) is 5.75. The Hall–Kier alpha value is -0.710. The highest BCUT2D eigenvalue weighted by atomic mass is 79.9. The Bertz CT molecular complexity index is 567. The molecule has 1 N–H and O–H groups in total. The predicted molar refractivity (Wildman–Crippen MR) is 87.9 cm³/mol. The van der Waals surface area contributed by atoms with Crippen LogP contribution in [-0.2, 0) is 12.8 Å². The number of hydrogen-bond acceptors (Lipinski definition) is 2. The summed E-state index contributed by atoms with van der Waals surface area (Å²) in [6.45, 7) is 5.21. The lowest BCUT2D eigenvalue weighted by atomic mass is 10.0. The summed E-state index contributed by atoms with van der Waals surface area (Å²) in [5, 5.41) is 3.52. The maximum Gasteiger partial charge on any atom is 0.137 e. The smallest absolute Gasteiger partial charge is 0.137 e. The zero-order valence-electron chi connectivity index (χ0n) is 11.7. The van der Waals surface area contributed by atoms with E-state index in [0.717, 1.165) is 24.9 Å². The van der Waals surface area contributed by atoms with Gasteiger partial charge in [-0.15, -0.1) is 11.3 Å². The van der Waals surface area contributed by atoms with E-state index in [0.29, 0.717) is 10.5 Å². The van der Waals surface area contributed by atoms with Crippen LogP contribution in [0.15, 0.2) is 34.8 Å². The summed E-state index contributed by atoms with van der Waals surface area (Å²) in [5.74, 6) is -0.210. The number of nitrogens with one attached hydrogen (secondary N) is 1. The van der Waals surface area contributed by atoms with Gasteiger partial charge >= 0.3 is 0 Å². The van der Waals surface area contributed by atoms with Crippen LogP contribution in [-0.4, -0.2) is 6.54 Å². The van der Waals surface area contributed by atoms with E-state index < -0.39 is 0 Å². The van der Waals surface area contributed by atoms with Gasteiger partial charge in [0.2, 0.25) is 0 Å². The van der Waals surface area contributed by atoms with Crippen LogP contribution < -0.4 is 5.32 Å². The van der Waals surface area contributed by atoms with Crippen LogP contribution in [0.5, 0.6) is 0 Å². The minimum atomic E-state index is -0.210. The van der Waals surface area contributed by atoms with Gasteiger partial charge in [0.15, 0.2) is 0 Å². The third-order valence-corrected chi connectivity index (χ3v) is 5.20. The Morgan fingerprint density at radius 3 is 2.65 bits per heavy atom.